The molecule has 1 aromatic rings. The molecule has 18 heteroatoms. The molecular weight excluding hydrogens is 483 g/mol. The monoisotopic (exact) mass is 503 g/mol. The minimum absolute atomic E-state index is 0.0505. The first kappa shape index (κ1) is 25.9. The lowest BCUT2D eigenvalue weighted by Crippen LogP contribution is -2.27. The lowest BCUT2D eigenvalue weighted by Gasteiger charge is -2.19. The number of hydrogen-bond acceptors (Lipinski definition) is 10. The molecule has 1 aliphatic rings. The first-order chi connectivity index (χ1) is 14.1. The molecular formula is C13H20N3O12P3. The van der Waals surface area contributed by atoms with Crippen LogP contribution in [0.25, 0.3) is 0 Å². The maximum atomic E-state index is 12.2. The third-order valence-corrected chi connectivity index (χ3v) is 7.94. The van der Waals surface area contributed by atoms with Crippen LogP contribution in [0.15, 0.2) is 11.0 Å². The van der Waals surface area contributed by atoms with E-state index in [1.807, 2.05) is 0 Å². The normalized spacial score (nSPS) is 25.3. The first-order valence-electron chi connectivity index (χ1n) is 8.40. The van der Waals surface area contributed by atoms with Crippen LogP contribution in [0.3, 0.4) is 0 Å². The summed E-state index contributed by atoms with van der Waals surface area (Å²) in [6.45, 7) is 0.910. The van der Waals surface area contributed by atoms with Crippen molar-refractivity contribution < 1.29 is 51.5 Å². The molecule has 0 bridgehead atoms. The van der Waals surface area contributed by atoms with Crippen LogP contribution in [0.1, 0.15) is 31.4 Å². The van der Waals surface area contributed by atoms with Crippen LogP contribution in [-0.4, -0.2) is 46.9 Å². The van der Waals surface area contributed by atoms with Crippen molar-refractivity contribution in [3.8, 4) is 11.8 Å². The minimum atomic E-state index is -5.64. The van der Waals surface area contributed by atoms with Crippen molar-refractivity contribution in [2.24, 2.45) is 5.92 Å². The van der Waals surface area contributed by atoms with Gasteiger partial charge in [-0.2, -0.15) is 13.6 Å². The number of aromatic nitrogens is 2. The zero-order valence-corrected chi connectivity index (χ0v) is 18.5. The molecule has 1 aromatic heterocycles. The fourth-order valence-corrected chi connectivity index (χ4v) is 6.02. The van der Waals surface area contributed by atoms with Gasteiger partial charge in [-0.25, -0.2) is 18.5 Å². The van der Waals surface area contributed by atoms with Gasteiger partial charge in [-0.1, -0.05) is 5.92 Å². The number of nitrogens with zero attached hydrogens (tertiary/aromatic N) is 2. The maximum Gasteiger partial charge on any atom is 0.490 e. The Morgan fingerprint density at radius 2 is 1.84 bits per heavy atom. The third-order valence-electron chi connectivity index (χ3n) is 4.13. The first-order valence-corrected chi connectivity index (χ1v) is 12.9. The predicted octanol–water partition coefficient (Wildman–Crippen LogP) is -0.148. The molecule has 0 amide bonds. The van der Waals surface area contributed by atoms with Gasteiger partial charge in [0.05, 0.1) is 18.3 Å². The molecule has 0 saturated heterocycles. The van der Waals surface area contributed by atoms with Gasteiger partial charge in [0, 0.05) is 18.2 Å². The Labute approximate surface area is 175 Å². The second-order valence-corrected chi connectivity index (χ2v) is 10.9. The minimum Gasteiger partial charge on any atom is -0.393 e. The molecule has 0 aliphatic heterocycles. The molecule has 3 unspecified atom stereocenters. The SMILES string of the molecule is CC#Cc1cn([C@@H]2CC(COP(=O)(O)OP(=O)(O)OP(=O)(O)O)[C@H](O)C2)c(=O)nc1N. The summed E-state index contributed by atoms with van der Waals surface area (Å²) in [5.74, 6) is 4.44. The van der Waals surface area contributed by atoms with Gasteiger partial charge < -0.3 is 30.4 Å². The summed E-state index contributed by atoms with van der Waals surface area (Å²) in [5, 5.41) is 10.2. The fourth-order valence-electron chi connectivity index (χ4n) is 2.95. The van der Waals surface area contributed by atoms with E-state index in [9.17, 15) is 28.5 Å². The number of phosphoric ester groups is 1. The van der Waals surface area contributed by atoms with Crippen molar-refractivity contribution in [1.29, 1.82) is 0 Å². The Hall–Kier alpha value is -1.39. The van der Waals surface area contributed by atoms with Gasteiger partial charge in [0.2, 0.25) is 0 Å². The van der Waals surface area contributed by atoms with Crippen LogP contribution >= 0.6 is 23.5 Å². The predicted molar refractivity (Wildman–Crippen MR) is 103 cm³/mol. The van der Waals surface area contributed by atoms with Crippen LogP contribution in [0.5, 0.6) is 0 Å². The van der Waals surface area contributed by atoms with Crippen molar-refractivity contribution in [3.63, 3.8) is 0 Å². The zero-order valence-electron chi connectivity index (χ0n) is 15.8. The molecule has 1 saturated carbocycles. The van der Waals surface area contributed by atoms with Crippen molar-refractivity contribution in [1.82, 2.24) is 9.55 Å². The van der Waals surface area contributed by atoms with E-state index in [2.05, 4.69) is 30.0 Å². The van der Waals surface area contributed by atoms with Gasteiger partial charge in [0.25, 0.3) is 0 Å². The Kier molecular flexibility index (Phi) is 8.03. The highest BCUT2D eigenvalue weighted by atomic mass is 31.3. The molecule has 1 aliphatic carbocycles. The molecule has 31 heavy (non-hydrogen) atoms. The summed E-state index contributed by atoms with van der Waals surface area (Å²) in [5.41, 5.74) is 5.25. The Morgan fingerprint density at radius 1 is 1.19 bits per heavy atom. The second-order valence-electron chi connectivity index (χ2n) is 6.44. The van der Waals surface area contributed by atoms with E-state index in [0.29, 0.717) is 5.56 Å². The van der Waals surface area contributed by atoms with Gasteiger partial charge in [0.15, 0.2) is 0 Å². The van der Waals surface area contributed by atoms with E-state index in [1.165, 1.54) is 10.8 Å². The summed E-state index contributed by atoms with van der Waals surface area (Å²) in [6.07, 6.45) is 0.419. The average molecular weight is 503 g/mol. The Morgan fingerprint density at radius 3 is 2.42 bits per heavy atom. The molecule has 15 nitrogen and oxygen atoms in total. The van der Waals surface area contributed by atoms with Gasteiger partial charge in [-0.05, 0) is 19.8 Å². The lowest BCUT2D eigenvalue weighted by molar-refractivity contribution is 0.0834. The highest BCUT2D eigenvalue weighted by Crippen LogP contribution is 2.66. The molecule has 7 N–H and O–H groups in total. The van der Waals surface area contributed by atoms with E-state index in [0.717, 1.165) is 0 Å². The Bertz CT molecular complexity index is 1090. The largest absolute Gasteiger partial charge is 0.490 e. The van der Waals surface area contributed by atoms with Crippen LogP contribution in [0, 0.1) is 17.8 Å². The standard InChI is InChI=1S/C13H20N3O12P3/c1-2-3-8-6-16(13(18)15-12(8)14)10-4-9(11(17)5-10)7-26-30(22,23)28-31(24,25)27-29(19,20)21/h6,9-11,17H,4-5,7H2,1H3,(H,22,23)(H,24,25)(H2,14,15,18)(H2,19,20,21)/t9?,10-,11-/m1/s1. The van der Waals surface area contributed by atoms with Gasteiger partial charge in [0.1, 0.15) is 5.82 Å². The smallest absolute Gasteiger partial charge is 0.393 e. The molecule has 1 fully saturated rings. The molecule has 0 aromatic carbocycles. The number of hydrogen-bond donors (Lipinski definition) is 6. The van der Waals surface area contributed by atoms with Crippen molar-refractivity contribution >= 4 is 29.3 Å². The molecule has 0 radical (unpaired) electrons. The van der Waals surface area contributed by atoms with E-state index in [-0.39, 0.29) is 18.7 Å². The van der Waals surface area contributed by atoms with Crippen molar-refractivity contribution in [2.45, 2.75) is 31.9 Å². The summed E-state index contributed by atoms with van der Waals surface area (Å²) in [7, 11) is -16.5. The van der Waals surface area contributed by atoms with Crippen molar-refractivity contribution in [3.05, 3.63) is 22.2 Å². The van der Waals surface area contributed by atoms with Crippen LogP contribution in [0.2, 0.25) is 0 Å². The molecule has 5 atom stereocenters. The van der Waals surface area contributed by atoms with E-state index in [1.54, 1.807) is 6.92 Å². The summed E-state index contributed by atoms with van der Waals surface area (Å²) >= 11 is 0. The topological polar surface area (TPSA) is 241 Å². The van der Waals surface area contributed by atoms with Crippen LogP contribution in [0.4, 0.5) is 5.82 Å². The second kappa shape index (κ2) is 9.62. The van der Waals surface area contributed by atoms with Crippen LogP contribution < -0.4 is 11.4 Å². The molecule has 1 heterocycles. The highest BCUT2D eigenvalue weighted by molar-refractivity contribution is 7.66. The van der Waals surface area contributed by atoms with E-state index < -0.39 is 53.8 Å². The molecule has 174 valence electrons. The number of anilines is 1. The van der Waals surface area contributed by atoms with Gasteiger partial charge >= 0.3 is 29.2 Å². The number of aliphatic hydroxyl groups excluding tert-OH is 1. The number of phosphoric acid groups is 3. The Balaban J connectivity index is 2.07. The van der Waals surface area contributed by atoms with Gasteiger partial charge in [-0.15, -0.1) is 5.92 Å². The number of nitrogens with two attached hydrogens (primary N) is 1. The third kappa shape index (κ3) is 7.61. The fraction of sp³-hybridized carbons (Fsp3) is 0.538. The number of rotatable bonds is 8. The summed E-state index contributed by atoms with van der Waals surface area (Å²) < 4.78 is 46.7. The van der Waals surface area contributed by atoms with E-state index in [4.69, 9.17) is 20.4 Å². The molecule has 0 spiro atoms. The quantitative estimate of drug-likeness (QED) is 0.200. The van der Waals surface area contributed by atoms with Crippen LogP contribution in [-0.2, 0) is 26.8 Å². The molecule has 2 rings (SSSR count). The highest BCUT2D eigenvalue weighted by Gasteiger charge is 2.42. The number of aliphatic hydroxyl groups is 1. The summed E-state index contributed by atoms with van der Waals surface area (Å²) in [4.78, 5) is 51.5. The maximum absolute atomic E-state index is 12.2. The summed E-state index contributed by atoms with van der Waals surface area (Å²) in [6, 6.07) is -0.581. The number of nitrogen functional groups attached to an aromatic ring is 1. The zero-order chi connectivity index (χ0) is 23.6. The van der Waals surface area contributed by atoms with Gasteiger partial charge in [-0.3, -0.25) is 9.09 Å². The average Bonchev–Trinajstić information content (AvgIpc) is 2.93. The van der Waals surface area contributed by atoms with Crippen molar-refractivity contribution in [2.75, 3.05) is 12.3 Å². The van der Waals surface area contributed by atoms with E-state index >= 15 is 0 Å². The lowest BCUT2D eigenvalue weighted by atomic mass is 10.1.